The number of carboxylic acids is 1. The smallest absolute Gasteiger partial charge is 0.378 e. The quantitative estimate of drug-likeness (QED) is 0.489. The van der Waals surface area contributed by atoms with Gasteiger partial charge < -0.3 is 14.4 Å². The molecule has 0 spiro atoms. The van der Waals surface area contributed by atoms with E-state index in [1.165, 1.54) is 13.2 Å². The van der Waals surface area contributed by atoms with Crippen LogP contribution in [0.1, 0.15) is 39.4 Å². The molecular weight excluding hydrogens is 238 g/mol. The second-order valence-electron chi connectivity index (χ2n) is 4.12. The number of carboxylic acid groups (broad SMARTS) is 1. The third-order valence-electron chi connectivity index (χ3n) is 3.09. The molecule has 0 atom stereocenters. The van der Waals surface area contributed by atoms with Crippen LogP contribution in [0.5, 0.6) is 0 Å². The number of aromatic nitrogens is 1. The summed E-state index contributed by atoms with van der Waals surface area (Å²) in [6.07, 6.45) is 2.42. The fourth-order valence-electron chi connectivity index (χ4n) is 2.26. The number of aliphatic carboxylic acids is 1. The lowest BCUT2D eigenvalue weighted by atomic mass is 10.1. The lowest BCUT2D eigenvalue weighted by Crippen LogP contribution is -2.21. The minimum Gasteiger partial charge on any atom is -0.475 e. The summed E-state index contributed by atoms with van der Waals surface area (Å²) in [5.41, 5.74) is 1.04. The Morgan fingerprint density at radius 1 is 1.33 bits per heavy atom. The Morgan fingerprint density at radius 3 is 2.67 bits per heavy atom. The number of methoxy groups -OCH3 is 1. The second kappa shape index (κ2) is 4.64. The van der Waals surface area contributed by atoms with E-state index < -0.39 is 17.7 Å². The van der Waals surface area contributed by atoms with Crippen LogP contribution in [0.3, 0.4) is 0 Å². The zero-order chi connectivity index (χ0) is 13.3. The number of carbonyl (C=O) groups excluding carboxylic acids is 2. The normalized spacial score (nSPS) is 13.8. The highest BCUT2D eigenvalue weighted by Crippen LogP contribution is 2.24. The Morgan fingerprint density at radius 2 is 2.06 bits per heavy atom. The van der Waals surface area contributed by atoms with Crippen LogP contribution in [0.4, 0.5) is 0 Å². The number of ether oxygens (including phenoxy) is 1. The number of esters is 1. The van der Waals surface area contributed by atoms with E-state index in [0.717, 1.165) is 12.8 Å². The van der Waals surface area contributed by atoms with Gasteiger partial charge in [-0.05, 0) is 25.3 Å². The molecule has 0 saturated heterocycles. The van der Waals surface area contributed by atoms with Crippen molar-refractivity contribution in [3.63, 3.8) is 0 Å². The topological polar surface area (TPSA) is 85.6 Å². The minimum atomic E-state index is -1.52. The number of rotatable bonds is 3. The number of fused-ring (bicyclic) bond motifs is 1. The van der Waals surface area contributed by atoms with Crippen LogP contribution in [0.25, 0.3) is 0 Å². The van der Waals surface area contributed by atoms with E-state index in [1.807, 2.05) is 0 Å². The molecule has 6 heteroatoms. The van der Waals surface area contributed by atoms with Crippen LogP contribution in [0.15, 0.2) is 6.07 Å². The maximum Gasteiger partial charge on any atom is 0.378 e. The molecule has 6 nitrogen and oxygen atoms in total. The molecule has 0 amide bonds. The third-order valence-corrected chi connectivity index (χ3v) is 3.09. The molecule has 0 radical (unpaired) electrons. The average Bonchev–Trinajstić information content (AvgIpc) is 2.76. The van der Waals surface area contributed by atoms with Crippen molar-refractivity contribution < 1.29 is 24.2 Å². The first kappa shape index (κ1) is 12.3. The molecule has 0 bridgehead atoms. The van der Waals surface area contributed by atoms with Crippen LogP contribution in [0, 0.1) is 0 Å². The summed E-state index contributed by atoms with van der Waals surface area (Å²) in [5, 5.41) is 8.76. The molecule has 1 aromatic heterocycles. The molecule has 0 saturated carbocycles. The van der Waals surface area contributed by atoms with E-state index in [2.05, 4.69) is 4.74 Å². The number of hydrogen-bond donors (Lipinski definition) is 1. The summed E-state index contributed by atoms with van der Waals surface area (Å²) in [6.45, 7) is 0.556. The van der Waals surface area contributed by atoms with E-state index in [1.54, 1.807) is 4.57 Å². The van der Waals surface area contributed by atoms with Crippen molar-refractivity contribution in [3.8, 4) is 0 Å². The predicted octanol–water partition coefficient (Wildman–Crippen LogP) is 0.878. The third kappa shape index (κ3) is 1.90. The van der Waals surface area contributed by atoms with Crippen molar-refractivity contribution in [2.75, 3.05) is 7.11 Å². The summed E-state index contributed by atoms with van der Waals surface area (Å²) in [7, 11) is 1.26. The Labute approximate surface area is 103 Å². The maximum atomic E-state index is 11.6. The Bertz CT molecular complexity index is 529. The first-order valence-electron chi connectivity index (χ1n) is 5.64. The number of hydrogen-bond acceptors (Lipinski definition) is 4. The first-order valence-corrected chi connectivity index (χ1v) is 5.64. The van der Waals surface area contributed by atoms with Crippen LogP contribution in [-0.2, 0) is 22.5 Å². The molecule has 0 fully saturated rings. The van der Waals surface area contributed by atoms with E-state index in [9.17, 15) is 14.4 Å². The number of nitrogens with zero attached hydrogens (tertiary/aromatic N) is 1. The molecule has 2 rings (SSSR count). The largest absolute Gasteiger partial charge is 0.475 e. The van der Waals surface area contributed by atoms with E-state index >= 15 is 0 Å². The fraction of sp³-hybridized carbons (Fsp3) is 0.417. The van der Waals surface area contributed by atoms with Gasteiger partial charge in [0.15, 0.2) is 0 Å². The van der Waals surface area contributed by atoms with Crippen LogP contribution in [-0.4, -0.2) is 34.5 Å². The van der Waals surface area contributed by atoms with Gasteiger partial charge in [0, 0.05) is 12.2 Å². The van der Waals surface area contributed by atoms with Gasteiger partial charge in [-0.2, -0.15) is 0 Å². The fourth-order valence-corrected chi connectivity index (χ4v) is 2.26. The monoisotopic (exact) mass is 251 g/mol. The second-order valence-corrected chi connectivity index (χ2v) is 4.12. The first-order chi connectivity index (χ1) is 8.56. The molecule has 1 aliphatic rings. The van der Waals surface area contributed by atoms with Gasteiger partial charge in [-0.15, -0.1) is 0 Å². The van der Waals surface area contributed by atoms with E-state index in [4.69, 9.17) is 5.11 Å². The van der Waals surface area contributed by atoms with Crippen LogP contribution in [0.2, 0.25) is 0 Å². The van der Waals surface area contributed by atoms with Crippen molar-refractivity contribution in [1.29, 1.82) is 0 Å². The Balaban J connectivity index is 2.54. The van der Waals surface area contributed by atoms with Gasteiger partial charge in [0.2, 0.25) is 0 Å². The molecule has 1 aromatic rings. The van der Waals surface area contributed by atoms with Crippen molar-refractivity contribution in [1.82, 2.24) is 4.57 Å². The van der Waals surface area contributed by atoms with Crippen LogP contribution >= 0.6 is 0 Å². The molecular formula is C12H13NO5. The lowest BCUT2D eigenvalue weighted by molar-refractivity contribution is -0.131. The zero-order valence-electron chi connectivity index (χ0n) is 9.93. The Kier molecular flexibility index (Phi) is 3.18. The standard InChI is InChI=1S/C12H13NO5/c1-18-12(17)7-6-9(10(14)11(15)16)13-5-3-2-4-8(7)13/h6H,2-5H2,1H3,(H,15,16). The molecule has 1 aliphatic heterocycles. The number of carbonyl (C=O) groups is 3. The van der Waals surface area contributed by atoms with Gasteiger partial charge >= 0.3 is 11.9 Å². The maximum absolute atomic E-state index is 11.6. The summed E-state index contributed by atoms with van der Waals surface area (Å²) in [4.78, 5) is 33.9. The molecule has 0 unspecified atom stereocenters. The highest BCUT2D eigenvalue weighted by atomic mass is 16.5. The SMILES string of the molecule is COC(=O)c1cc(C(=O)C(=O)O)n2c1CCCC2. The lowest BCUT2D eigenvalue weighted by Gasteiger charge is -2.17. The molecule has 1 N–H and O–H groups in total. The van der Waals surface area contributed by atoms with E-state index in [-0.39, 0.29) is 5.69 Å². The average molecular weight is 251 g/mol. The van der Waals surface area contributed by atoms with E-state index in [0.29, 0.717) is 24.2 Å². The molecule has 0 aliphatic carbocycles. The van der Waals surface area contributed by atoms with Gasteiger partial charge in [0.25, 0.3) is 5.78 Å². The Hall–Kier alpha value is -2.11. The van der Waals surface area contributed by atoms with Gasteiger partial charge in [0.1, 0.15) is 0 Å². The van der Waals surface area contributed by atoms with Crippen molar-refractivity contribution in [3.05, 3.63) is 23.0 Å². The number of ketones is 1. The summed E-state index contributed by atoms with van der Waals surface area (Å²) in [6, 6.07) is 1.32. The highest BCUT2D eigenvalue weighted by Gasteiger charge is 2.28. The molecule has 96 valence electrons. The number of Topliss-reactive ketones (excluding diaryl/α,β-unsaturated/α-hetero) is 1. The predicted molar refractivity (Wildman–Crippen MR) is 60.7 cm³/mol. The van der Waals surface area contributed by atoms with Gasteiger partial charge in [-0.25, -0.2) is 9.59 Å². The van der Waals surface area contributed by atoms with Crippen molar-refractivity contribution >= 4 is 17.7 Å². The van der Waals surface area contributed by atoms with Gasteiger partial charge in [0.05, 0.1) is 18.4 Å². The highest BCUT2D eigenvalue weighted by molar-refractivity contribution is 6.39. The van der Waals surface area contributed by atoms with Gasteiger partial charge in [-0.1, -0.05) is 0 Å². The summed E-state index contributed by atoms with van der Waals surface area (Å²) < 4.78 is 6.26. The summed E-state index contributed by atoms with van der Waals surface area (Å²) in [5.74, 6) is -3.05. The molecule has 18 heavy (non-hydrogen) atoms. The van der Waals surface area contributed by atoms with Crippen molar-refractivity contribution in [2.45, 2.75) is 25.8 Å². The molecule has 2 heterocycles. The van der Waals surface area contributed by atoms with Crippen LogP contribution < -0.4 is 0 Å². The zero-order valence-corrected chi connectivity index (χ0v) is 9.93. The minimum absolute atomic E-state index is 0.0533. The molecule has 0 aromatic carbocycles. The van der Waals surface area contributed by atoms with Gasteiger partial charge in [-0.3, -0.25) is 4.79 Å². The van der Waals surface area contributed by atoms with Crippen molar-refractivity contribution in [2.24, 2.45) is 0 Å². The summed E-state index contributed by atoms with van der Waals surface area (Å²) >= 11 is 0.